The van der Waals surface area contributed by atoms with Crippen molar-refractivity contribution >= 4 is 5.96 Å². The van der Waals surface area contributed by atoms with Crippen LogP contribution in [0.25, 0.3) is 0 Å². The molecule has 0 atom stereocenters. The molecule has 4 N–H and O–H groups in total. The first-order valence-corrected chi connectivity index (χ1v) is 7.11. The SMILES string of the molecule is CC(C)NC(=NC(c1ccccc1)c1ccccc1)NN. The zero-order chi connectivity index (χ0) is 15.1. The highest BCUT2D eigenvalue weighted by Gasteiger charge is 2.13. The molecule has 0 amide bonds. The molecule has 0 heterocycles. The van der Waals surface area contributed by atoms with Gasteiger partial charge in [-0.3, -0.25) is 5.43 Å². The first-order valence-electron chi connectivity index (χ1n) is 7.11. The summed E-state index contributed by atoms with van der Waals surface area (Å²) in [6.45, 7) is 4.10. The molecule has 2 aromatic carbocycles. The molecule has 0 aliphatic carbocycles. The monoisotopic (exact) mass is 282 g/mol. The van der Waals surface area contributed by atoms with Crippen LogP contribution in [0.15, 0.2) is 65.7 Å². The highest BCUT2D eigenvalue weighted by molar-refractivity contribution is 5.80. The van der Waals surface area contributed by atoms with E-state index in [0.29, 0.717) is 5.96 Å². The largest absolute Gasteiger partial charge is 0.353 e. The Morgan fingerprint density at radius 2 is 1.38 bits per heavy atom. The first kappa shape index (κ1) is 15.1. The van der Waals surface area contributed by atoms with Gasteiger partial charge in [0.15, 0.2) is 0 Å². The Bertz CT molecular complexity index is 524. The van der Waals surface area contributed by atoms with Gasteiger partial charge in [0.05, 0.1) is 0 Å². The van der Waals surface area contributed by atoms with E-state index < -0.39 is 0 Å². The zero-order valence-corrected chi connectivity index (χ0v) is 12.5. The maximum atomic E-state index is 5.58. The van der Waals surface area contributed by atoms with Gasteiger partial charge in [0.1, 0.15) is 6.04 Å². The smallest absolute Gasteiger partial charge is 0.206 e. The number of guanidine groups is 1. The molecule has 4 nitrogen and oxygen atoms in total. The first-order chi connectivity index (χ1) is 10.2. The van der Waals surface area contributed by atoms with Crippen LogP contribution in [0.2, 0.25) is 0 Å². The van der Waals surface area contributed by atoms with Gasteiger partial charge in [0.25, 0.3) is 0 Å². The molecular formula is C17H22N4. The lowest BCUT2D eigenvalue weighted by molar-refractivity contribution is 0.694. The van der Waals surface area contributed by atoms with Crippen LogP contribution in [0.5, 0.6) is 0 Å². The van der Waals surface area contributed by atoms with Gasteiger partial charge in [0.2, 0.25) is 5.96 Å². The lowest BCUT2D eigenvalue weighted by atomic mass is 9.99. The second kappa shape index (κ2) is 7.45. The van der Waals surface area contributed by atoms with Crippen molar-refractivity contribution in [3.63, 3.8) is 0 Å². The van der Waals surface area contributed by atoms with Crippen LogP contribution in [-0.4, -0.2) is 12.0 Å². The summed E-state index contributed by atoms with van der Waals surface area (Å²) >= 11 is 0. The predicted molar refractivity (Wildman–Crippen MR) is 87.8 cm³/mol. The fraction of sp³-hybridized carbons (Fsp3) is 0.235. The third-order valence-electron chi connectivity index (χ3n) is 3.05. The van der Waals surface area contributed by atoms with Crippen LogP contribution in [0.3, 0.4) is 0 Å². The molecule has 2 aromatic rings. The Labute approximate surface area is 126 Å². The molecule has 0 radical (unpaired) electrons. The number of benzene rings is 2. The summed E-state index contributed by atoms with van der Waals surface area (Å²) in [5.41, 5.74) is 4.90. The van der Waals surface area contributed by atoms with E-state index in [0.717, 1.165) is 11.1 Å². The summed E-state index contributed by atoms with van der Waals surface area (Å²) in [5.74, 6) is 6.17. The molecule has 0 aliphatic heterocycles. The quantitative estimate of drug-likeness (QED) is 0.349. The van der Waals surface area contributed by atoms with E-state index in [4.69, 9.17) is 10.8 Å². The number of nitrogens with two attached hydrogens (primary N) is 1. The Hall–Kier alpha value is -2.33. The average Bonchev–Trinajstić information content (AvgIpc) is 2.52. The molecule has 0 saturated heterocycles. The van der Waals surface area contributed by atoms with Gasteiger partial charge < -0.3 is 5.32 Å². The van der Waals surface area contributed by atoms with Crippen LogP contribution in [0.1, 0.15) is 31.0 Å². The number of nitrogens with one attached hydrogen (secondary N) is 2. The van der Waals surface area contributed by atoms with Crippen LogP contribution in [0, 0.1) is 0 Å². The molecule has 0 unspecified atom stereocenters. The van der Waals surface area contributed by atoms with Gasteiger partial charge >= 0.3 is 0 Å². The van der Waals surface area contributed by atoms with Crippen molar-refractivity contribution in [3.05, 3.63) is 71.8 Å². The lowest BCUT2D eigenvalue weighted by Gasteiger charge is -2.18. The summed E-state index contributed by atoms with van der Waals surface area (Å²) in [6, 6.07) is 20.5. The number of hydrogen-bond donors (Lipinski definition) is 3. The topological polar surface area (TPSA) is 62.4 Å². The zero-order valence-electron chi connectivity index (χ0n) is 12.5. The molecule has 2 rings (SSSR count). The van der Waals surface area contributed by atoms with Crippen molar-refractivity contribution in [2.75, 3.05) is 0 Å². The number of rotatable bonds is 4. The van der Waals surface area contributed by atoms with E-state index in [1.165, 1.54) is 0 Å². The van der Waals surface area contributed by atoms with Crippen molar-refractivity contribution in [1.29, 1.82) is 0 Å². The van der Waals surface area contributed by atoms with Gasteiger partial charge in [-0.2, -0.15) is 0 Å². The summed E-state index contributed by atoms with van der Waals surface area (Å²) in [7, 11) is 0. The fourth-order valence-corrected chi connectivity index (χ4v) is 2.13. The highest BCUT2D eigenvalue weighted by Crippen LogP contribution is 2.25. The van der Waals surface area contributed by atoms with Gasteiger partial charge in [-0.25, -0.2) is 10.8 Å². The number of aliphatic imine (C=N–C) groups is 1. The predicted octanol–water partition coefficient (Wildman–Crippen LogP) is 2.59. The minimum Gasteiger partial charge on any atom is -0.353 e. The molecular weight excluding hydrogens is 260 g/mol. The van der Waals surface area contributed by atoms with Crippen LogP contribution in [-0.2, 0) is 0 Å². The van der Waals surface area contributed by atoms with E-state index in [2.05, 4.69) is 35.0 Å². The maximum Gasteiger partial charge on any atom is 0.206 e. The summed E-state index contributed by atoms with van der Waals surface area (Å²) in [4.78, 5) is 4.74. The standard InChI is InChI=1S/C17H22N4/c1-13(2)19-17(21-18)20-16(14-9-5-3-6-10-14)15-11-7-4-8-12-15/h3-13,16H,18H2,1-2H3,(H2,19,20,21). The van der Waals surface area contributed by atoms with E-state index in [1.807, 2.05) is 50.2 Å². The molecule has 0 aliphatic rings. The van der Waals surface area contributed by atoms with Gasteiger partial charge in [-0.15, -0.1) is 0 Å². The van der Waals surface area contributed by atoms with Crippen molar-refractivity contribution in [1.82, 2.24) is 10.7 Å². The second-order valence-corrected chi connectivity index (χ2v) is 5.14. The lowest BCUT2D eigenvalue weighted by Crippen LogP contribution is -2.44. The average molecular weight is 282 g/mol. The van der Waals surface area contributed by atoms with E-state index >= 15 is 0 Å². The number of hydrogen-bond acceptors (Lipinski definition) is 2. The minimum absolute atomic E-state index is 0.0929. The third kappa shape index (κ3) is 4.33. The molecule has 0 fully saturated rings. The molecule has 0 saturated carbocycles. The van der Waals surface area contributed by atoms with Gasteiger partial charge in [0, 0.05) is 6.04 Å². The maximum absolute atomic E-state index is 5.58. The molecule has 4 heteroatoms. The van der Waals surface area contributed by atoms with Crippen molar-refractivity contribution < 1.29 is 0 Å². The normalized spacial score (nSPS) is 11.8. The highest BCUT2D eigenvalue weighted by atomic mass is 15.3. The molecule has 0 aromatic heterocycles. The van der Waals surface area contributed by atoms with Gasteiger partial charge in [-0.05, 0) is 25.0 Å². The van der Waals surface area contributed by atoms with Crippen LogP contribution in [0.4, 0.5) is 0 Å². The van der Waals surface area contributed by atoms with E-state index in [1.54, 1.807) is 0 Å². The molecule has 110 valence electrons. The van der Waals surface area contributed by atoms with Crippen molar-refractivity contribution in [2.24, 2.45) is 10.8 Å². The Balaban J connectivity index is 2.39. The summed E-state index contributed by atoms with van der Waals surface area (Å²) in [5, 5.41) is 3.21. The van der Waals surface area contributed by atoms with Crippen LogP contribution >= 0.6 is 0 Å². The molecule has 0 bridgehead atoms. The van der Waals surface area contributed by atoms with E-state index in [9.17, 15) is 0 Å². The van der Waals surface area contributed by atoms with E-state index in [-0.39, 0.29) is 12.1 Å². The van der Waals surface area contributed by atoms with Gasteiger partial charge in [-0.1, -0.05) is 60.7 Å². The number of hydrazine groups is 1. The Morgan fingerprint density at radius 1 is 0.905 bits per heavy atom. The van der Waals surface area contributed by atoms with Crippen molar-refractivity contribution in [3.8, 4) is 0 Å². The third-order valence-corrected chi connectivity index (χ3v) is 3.05. The molecule has 0 spiro atoms. The fourth-order valence-electron chi connectivity index (χ4n) is 2.13. The summed E-state index contributed by atoms with van der Waals surface area (Å²) < 4.78 is 0. The van der Waals surface area contributed by atoms with Crippen molar-refractivity contribution in [2.45, 2.75) is 25.9 Å². The minimum atomic E-state index is -0.0929. The van der Waals surface area contributed by atoms with Crippen LogP contribution < -0.4 is 16.6 Å². The summed E-state index contributed by atoms with van der Waals surface area (Å²) in [6.07, 6.45) is 0. The Kier molecular flexibility index (Phi) is 5.35. The molecule has 21 heavy (non-hydrogen) atoms. The Morgan fingerprint density at radius 3 is 1.76 bits per heavy atom. The second-order valence-electron chi connectivity index (χ2n) is 5.14. The number of nitrogens with zero attached hydrogens (tertiary/aromatic N) is 1.